The molecule has 0 aliphatic carbocycles. The highest BCUT2D eigenvalue weighted by molar-refractivity contribution is 7.08. The van der Waals surface area contributed by atoms with Gasteiger partial charge in [-0.15, -0.1) is 0 Å². The van der Waals surface area contributed by atoms with Crippen LogP contribution in [0.15, 0.2) is 59.4 Å². The van der Waals surface area contributed by atoms with Gasteiger partial charge in [0.05, 0.1) is 12.6 Å². The Morgan fingerprint density at radius 3 is 2.51 bits per heavy atom. The molecule has 182 valence electrons. The van der Waals surface area contributed by atoms with Crippen LogP contribution in [0.5, 0.6) is 5.88 Å². The van der Waals surface area contributed by atoms with E-state index in [0.717, 1.165) is 11.1 Å². The molecule has 2 unspecified atom stereocenters. The topological polar surface area (TPSA) is 85.8 Å². The number of methoxy groups -OCH3 is 1. The Balaban J connectivity index is 1.78. The summed E-state index contributed by atoms with van der Waals surface area (Å²) in [6.45, 7) is 4.42. The van der Waals surface area contributed by atoms with Crippen LogP contribution >= 0.6 is 11.3 Å². The van der Waals surface area contributed by atoms with Crippen LogP contribution in [0.25, 0.3) is 11.1 Å². The van der Waals surface area contributed by atoms with Crippen LogP contribution in [0.2, 0.25) is 0 Å². The Bertz CT molecular complexity index is 1190. The van der Waals surface area contributed by atoms with E-state index in [9.17, 15) is 14.4 Å². The molecular weight excluding hydrogens is 464 g/mol. The number of carbonyl (C=O) groups is 3. The minimum Gasteiger partial charge on any atom is -0.475 e. The lowest BCUT2D eigenvalue weighted by atomic mass is 9.86. The number of hydrogen-bond acceptors (Lipinski definition) is 7. The van der Waals surface area contributed by atoms with Crippen LogP contribution < -0.4 is 9.64 Å². The fourth-order valence-electron chi connectivity index (χ4n) is 4.33. The molecule has 4 rings (SSSR count). The molecule has 35 heavy (non-hydrogen) atoms. The molecule has 0 saturated carbocycles. The van der Waals surface area contributed by atoms with E-state index in [-0.39, 0.29) is 30.6 Å². The molecule has 1 aromatic carbocycles. The molecule has 0 bridgehead atoms. The lowest BCUT2D eigenvalue weighted by molar-refractivity contribution is -0.139. The number of aromatic nitrogens is 1. The van der Waals surface area contributed by atoms with Gasteiger partial charge < -0.3 is 9.47 Å². The van der Waals surface area contributed by atoms with Gasteiger partial charge in [-0.25, -0.2) is 4.98 Å². The second-order valence-electron chi connectivity index (χ2n) is 8.82. The number of nitrogens with zero attached hydrogens (tertiary/aromatic N) is 2. The van der Waals surface area contributed by atoms with Gasteiger partial charge in [-0.1, -0.05) is 26.0 Å². The molecule has 7 nitrogen and oxygen atoms in total. The van der Waals surface area contributed by atoms with Gasteiger partial charge in [0, 0.05) is 31.0 Å². The van der Waals surface area contributed by atoms with E-state index in [1.807, 2.05) is 54.9 Å². The number of carbonyl (C=O) groups excluding carboxylic acids is 3. The predicted octanol–water partition coefficient (Wildman–Crippen LogP) is 4.72. The van der Waals surface area contributed by atoms with Crippen molar-refractivity contribution in [1.29, 1.82) is 0 Å². The van der Waals surface area contributed by atoms with E-state index in [2.05, 4.69) is 4.98 Å². The number of Topliss-reactive ketones (excluding diaryl/α,β-unsaturated/α-hetero) is 2. The normalized spacial score (nSPS) is 17.9. The number of amides is 1. The van der Waals surface area contributed by atoms with E-state index in [1.165, 1.54) is 4.90 Å². The zero-order valence-electron chi connectivity index (χ0n) is 20.0. The number of thiophene rings is 1. The van der Waals surface area contributed by atoms with Gasteiger partial charge >= 0.3 is 0 Å². The number of ketones is 2. The van der Waals surface area contributed by atoms with E-state index in [0.29, 0.717) is 17.9 Å². The second-order valence-corrected chi connectivity index (χ2v) is 9.60. The van der Waals surface area contributed by atoms with Crippen LogP contribution in [0.1, 0.15) is 31.9 Å². The molecule has 3 heterocycles. The fourth-order valence-corrected chi connectivity index (χ4v) is 5.00. The van der Waals surface area contributed by atoms with Crippen molar-refractivity contribution < 1.29 is 23.9 Å². The third-order valence-corrected chi connectivity index (χ3v) is 6.59. The average Bonchev–Trinajstić information content (AvgIpc) is 3.47. The van der Waals surface area contributed by atoms with Gasteiger partial charge in [0.15, 0.2) is 0 Å². The minimum atomic E-state index is -1.13. The molecular formula is C27H28N2O5S. The van der Waals surface area contributed by atoms with Crippen LogP contribution in [-0.2, 0) is 19.1 Å². The van der Waals surface area contributed by atoms with Gasteiger partial charge in [0.1, 0.15) is 18.3 Å². The number of ether oxygens (including phenoxy) is 2. The number of hydrogen-bond donors (Lipinski definition) is 0. The smallest absolute Gasteiger partial charge is 0.295 e. The molecule has 3 aromatic rings. The molecule has 2 aromatic heterocycles. The quantitative estimate of drug-likeness (QED) is 0.231. The SMILES string of the molecule is COCCOc1ncccc1C1C(C(=O)CC(C)C)C(=O)C(=O)N1c1ccc(-c2ccsc2)cc1. The summed E-state index contributed by atoms with van der Waals surface area (Å²) in [5.74, 6) is -2.46. The summed E-state index contributed by atoms with van der Waals surface area (Å²) in [6, 6.07) is 12.1. The molecule has 0 radical (unpaired) electrons. The zero-order valence-corrected chi connectivity index (χ0v) is 20.8. The van der Waals surface area contributed by atoms with Crippen LogP contribution in [-0.4, -0.2) is 42.8 Å². The van der Waals surface area contributed by atoms with Gasteiger partial charge in [0.2, 0.25) is 11.7 Å². The summed E-state index contributed by atoms with van der Waals surface area (Å²) >= 11 is 1.60. The van der Waals surface area contributed by atoms with E-state index in [4.69, 9.17) is 9.47 Å². The van der Waals surface area contributed by atoms with Crippen molar-refractivity contribution in [1.82, 2.24) is 4.98 Å². The van der Waals surface area contributed by atoms with Crippen LogP contribution in [0, 0.1) is 11.8 Å². The van der Waals surface area contributed by atoms with Gasteiger partial charge in [0.25, 0.3) is 5.91 Å². The molecule has 8 heteroatoms. The van der Waals surface area contributed by atoms with Crippen molar-refractivity contribution in [2.24, 2.45) is 11.8 Å². The molecule has 1 saturated heterocycles. The van der Waals surface area contributed by atoms with E-state index < -0.39 is 23.7 Å². The lowest BCUT2D eigenvalue weighted by Crippen LogP contribution is -2.31. The largest absolute Gasteiger partial charge is 0.475 e. The maximum Gasteiger partial charge on any atom is 0.295 e. The Morgan fingerprint density at radius 2 is 1.86 bits per heavy atom. The van der Waals surface area contributed by atoms with Crippen molar-refractivity contribution in [3.63, 3.8) is 0 Å². The first-order valence-electron chi connectivity index (χ1n) is 11.5. The number of anilines is 1. The van der Waals surface area contributed by atoms with Gasteiger partial charge in [-0.2, -0.15) is 11.3 Å². The maximum absolute atomic E-state index is 13.3. The summed E-state index contributed by atoms with van der Waals surface area (Å²) in [5.41, 5.74) is 3.14. The monoisotopic (exact) mass is 492 g/mol. The highest BCUT2D eigenvalue weighted by Gasteiger charge is 2.52. The van der Waals surface area contributed by atoms with Crippen LogP contribution in [0.3, 0.4) is 0 Å². The average molecular weight is 493 g/mol. The first kappa shape index (κ1) is 24.8. The predicted molar refractivity (Wildman–Crippen MR) is 135 cm³/mol. The lowest BCUT2D eigenvalue weighted by Gasteiger charge is -2.28. The summed E-state index contributed by atoms with van der Waals surface area (Å²) in [7, 11) is 1.57. The Hall–Kier alpha value is -3.36. The Kier molecular flexibility index (Phi) is 7.73. The Morgan fingerprint density at radius 1 is 1.09 bits per heavy atom. The summed E-state index contributed by atoms with van der Waals surface area (Å²) in [5, 5.41) is 4.04. The summed E-state index contributed by atoms with van der Waals surface area (Å²) in [6.07, 6.45) is 1.78. The third kappa shape index (κ3) is 5.18. The van der Waals surface area contributed by atoms with Crippen molar-refractivity contribution in [3.05, 3.63) is 65.0 Å². The van der Waals surface area contributed by atoms with E-state index >= 15 is 0 Å². The van der Waals surface area contributed by atoms with Crippen molar-refractivity contribution in [2.75, 3.05) is 25.2 Å². The van der Waals surface area contributed by atoms with Crippen molar-refractivity contribution in [2.45, 2.75) is 26.3 Å². The van der Waals surface area contributed by atoms with Crippen LogP contribution in [0.4, 0.5) is 5.69 Å². The molecule has 0 spiro atoms. The number of benzene rings is 1. The van der Waals surface area contributed by atoms with E-state index in [1.54, 1.807) is 36.8 Å². The van der Waals surface area contributed by atoms with Gasteiger partial charge in [-0.05, 0) is 58.1 Å². The molecule has 1 aliphatic heterocycles. The van der Waals surface area contributed by atoms with Crippen molar-refractivity contribution >= 4 is 34.5 Å². The number of pyridine rings is 1. The Labute approximate surface area is 208 Å². The highest BCUT2D eigenvalue weighted by Crippen LogP contribution is 2.43. The van der Waals surface area contributed by atoms with Gasteiger partial charge in [-0.3, -0.25) is 19.3 Å². The first-order chi connectivity index (χ1) is 16.9. The summed E-state index contributed by atoms with van der Waals surface area (Å²) < 4.78 is 10.9. The maximum atomic E-state index is 13.3. The second kappa shape index (κ2) is 10.9. The minimum absolute atomic E-state index is 0.0521. The first-order valence-corrected chi connectivity index (χ1v) is 12.5. The number of rotatable bonds is 10. The third-order valence-electron chi connectivity index (χ3n) is 5.91. The molecule has 0 N–H and O–H groups in total. The zero-order chi connectivity index (χ0) is 24.9. The highest BCUT2D eigenvalue weighted by atomic mass is 32.1. The molecule has 2 atom stereocenters. The fraction of sp³-hybridized carbons (Fsp3) is 0.333. The molecule has 1 amide bonds. The summed E-state index contributed by atoms with van der Waals surface area (Å²) in [4.78, 5) is 45.6. The van der Waals surface area contributed by atoms with Crippen molar-refractivity contribution in [3.8, 4) is 17.0 Å². The standard InChI is InChI=1S/C27H28N2O5S/c1-17(2)15-22(30)23-24(21-5-4-11-28-26(21)34-13-12-33-3)29(27(32)25(23)31)20-8-6-18(7-9-20)19-10-14-35-16-19/h4-11,14,16-17,23-24H,12-13,15H2,1-3H3. The molecule has 1 fully saturated rings. The molecule has 1 aliphatic rings.